The van der Waals surface area contributed by atoms with Crippen molar-refractivity contribution in [1.29, 1.82) is 10.5 Å². The number of aryl methyl sites for hydroxylation is 2. The van der Waals surface area contributed by atoms with E-state index in [1.54, 1.807) is 24.3 Å². The van der Waals surface area contributed by atoms with Crippen LogP contribution in [0, 0.1) is 36.5 Å². The number of nitrogens with zero attached hydrogens (tertiary/aromatic N) is 5. The topological polar surface area (TPSA) is 86.2 Å². The molecule has 49 heavy (non-hydrogen) atoms. The molecule has 5 nitrogen and oxygen atoms in total. The molecule has 1 spiro atoms. The average molecular weight is 626 g/mol. The maximum Gasteiger partial charge on any atom is 0.164 e. The van der Waals surface area contributed by atoms with Crippen molar-refractivity contribution in [2.24, 2.45) is 0 Å². The van der Waals surface area contributed by atoms with Crippen LogP contribution in [0.3, 0.4) is 0 Å². The zero-order valence-electron chi connectivity index (χ0n) is 26.9. The van der Waals surface area contributed by atoms with Gasteiger partial charge in [-0.15, -0.1) is 0 Å². The summed E-state index contributed by atoms with van der Waals surface area (Å²) in [5.41, 5.74) is 15.6. The first-order chi connectivity index (χ1) is 24.0. The lowest BCUT2D eigenvalue weighted by atomic mass is 9.70. The van der Waals surface area contributed by atoms with Crippen molar-refractivity contribution in [3.8, 4) is 68.6 Å². The summed E-state index contributed by atoms with van der Waals surface area (Å²) < 4.78 is 0. The van der Waals surface area contributed by atoms with Crippen LogP contribution in [0.15, 0.2) is 127 Å². The molecule has 9 rings (SSSR count). The summed E-state index contributed by atoms with van der Waals surface area (Å²) in [6, 6.07) is 48.0. The minimum atomic E-state index is -0.496. The number of hydrogen-bond donors (Lipinski definition) is 0. The van der Waals surface area contributed by atoms with E-state index in [-0.39, 0.29) is 0 Å². The Balaban J connectivity index is 1.31. The van der Waals surface area contributed by atoms with Gasteiger partial charge in [-0.2, -0.15) is 10.5 Å². The van der Waals surface area contributed by atoms with E-state index in [0.717, 1.165) is 16.7 Å². The van der Waals surface area contributed by atoms with Crippen LogP contribution in [-0.2, 0) is 5.41 Å². The van der Waals surface area contributed by atoms with Crippen LogP contribution in [-0.4, -0.2) is 15.0 Å². The van der Waals surface area contributed by atoms with Gasteiger partial charge in [-0.3, -0.25) is 0 Å². The van der Waals surface area contributed by atoms with Gasteiger partial charge in [0.2, 0.25) is 0 Å². The van der Waals surface area contributed by atoms with Crippen LogP contribution in [0.4, 0.5) is 0 Å². The van der Waals surface area contributed by atoms with Gasteiger partial charge in [0.1, 0.15) is 0 Å². The van der Waals surface area contributed by atoms with Gasteiger partial charge in [-0.1, -0.05) is 83.9 Å². The molecule has 5 heteroatoms. The molecule has 0 N–H and O–H groups in total. The summed E-state index contributed by atoms with van der Waals surface area (Å²) in [4.78, 5) is 15.0. The van der Waals surface area contributed by atoms with Gasteiger partial charge >= 0.3 is 0 Å². The third-order valence-electron chi connectivity index (χ3n) is 9.93. The Hall–Kier alpha value is -6.69. The second-order valence-electron chi connectivity index (χ2n) is 12.8. The Labute approximate surface area is 284 Å². The predicted molar refractivity (Wildman–Crippen MR) is 191 cm³/mol. The first kappa shape index (κ1) is 28.5. The fraction of sp³-hybridized carbons (Fsp3) is 0.0682. The third kappa shape index (κ3) is 4.20. The smallest absolute Gasteiger partial charge is 0.164 e. The zero-order valence-corrected chi connectivity index (χ0v) is 26.9. The highest BCUT2D eigenvalue weighted by Gasteiger charge is 2.51. The van der Waals surface area contributed by atoms with Gasteiger partial charge in [-0.25, -0.2) is 15.0 Å². The number of nitriles is 2. The molecule has 0 radical (unpaired) electrons. The van der Waals surface area contributed by atoms with E-state index in [9.17, 15) is 10.5 Å². The van der Waals surface area contributed by atoms with Crippen molar-refractivity contribution in [2.45, 2.75) is 19.3 Å². The van der Waals surface area contributed by atoms with Crippen LogP contribution in [0.25, 0.3) is 56.4 Å². The summed E-state index contributed by atoms with van der Waals surface area (Å²) in [7, 11) is 0. The molecule has 2 aliphatic rings. The van der Waals surface area contributed by atoms with Gasteiger partial charge < -0.3 is 0 Å². The monoisotopic (exact) mass is 625 g/mol. The Morgan fingerprint density at radius 2 is 0.837 bits per heavy atom. The van der Waals surface area contributed by atoms with Crippen LogP contribution in [0.5, 0.6) is 0 Å². The molecule has 228 valence electrons. The number of fused-ring (bicyclic) bond motifs is 10. The van der Waals surface area contributed by atoms with Crippen molar-refractivity contribution >= 4 is 0 Å². The van der Waals surface area contributed by atoms with E-state index in [0.29, 0.717) is 28.6 Å². The number of rotatable bonds is 3. The van der Waals surface area contributed by atoms with E-state index < -0.39 is 5.41 Å². The third-order valence-corrected chi connectivity index (χ3v) is 9.93. The van der Waals surface area contributed by atoms with E-state index in [1.807, 2.05) is 24.3 Å². The molecule has 0 aliphatic heterocycles. The molecule has 0 fully saturated rings. The van der Waals surface area contributed by atoms with E-state index in [2.05, 4.69) is 105 Å². The fourth-order valence-electron chi connectivity index (χ4n) is 7.70. The van der Waals surface area contributed by atoms with E-state index in [4.69, 9.17) is 15.0 Å². The van der Waals surface area contributed by atoms with Crippen LogP contribution >= 0.6 is 0 Å². The largest absolute Gasteiger partial charge is 0.208 e. The van der Waals surface area contributed by atoms with Crippen LogP contribution in [0.1, 0.15) is 44.5 Å². The predicted octanol–water partition coefficient (Wildman–Crippen LogP) is 9.58. The fourth-order valence-corrected chi connectivity index (χ4v) is 7.70. The van der Waals surface area contributed by atoms with Crippen molar-refractivity contribution in [2.75, 3.05) is 0 Å². The number of aromatic nitrogens is 3. The minimum absolute atomic E-state index is 0.496. The Morgan fingerprint density at radius 3 is 1.35 bits per heavy atom. The van der Waals surface area contributed by atoms with Crippen molar-refractivity contribution in [3.05, 3.63) is 172 Å². The molecule has 7 aromatic rings. The summed E-state index contributed by atoms with van der Waals surface area (Å²) in [5.74, 6) is 1.57. The number of hydrogen-bond acceptors (Lipinski definition) is 5. The molecule has 0 amide bonds. The summed E-state index contributed by atoms with van der Waals surface area (Å²) in [5, 5.41) is 18.8. The molecular weight excluding hydrogens is 599 g/mol. The Morgan fingerprint density at radius 1 is 0.429 bits per heavy atom. The highest BCUT2D eigenvalue weighted by atomic mass is 15.0. The van der Waals surface area contributed by atoms with Gasteiger partial charge in [0, 0.05) is 16.7 Å². The van der Waals surface area contributed by atoms with Gasteiger partial charge in [-0.05, 0) is 113 Å². The first-order valence-electron chi connectivity index (χ1n) is 16.2. The second-order valence-corrected chi connectivity index (χ2v) is 12.8. The Bertz CT molecular complexity index is 2460. The van der Waals surface area contributed by atoms with Gasteiger partial charge in [0.25, 0.3) is 0 Å². The Kier molecular flexibility index (Phi) is 6.21. The lowest BCUT2D eigenvalue weighted by Crippen LogP contribution is -2.26. The lowest BCUT2D eigenvalue weighted by molar-refractivity contribution is 0.791. The van der Waals surface area contributed by atoms with Gasteiger partial charge in [0.15, 0.2) is 17.5 Å². The summed E-state index contributed by atoms with van der Waals surface area (Å²) >= 11 is 0. The molecular formula is C44H27N5. The maximum atomic E-state index is 9.40. The normalized spacial score (nSPS) is 12.8. The SMILES string of the molecule is Cc1ccc2c(c1)C1(c3ccccc3-c3ccc(-c4nc(-c5ccc(C#N)cc5)nc(-c5ccc(C#N)cc5)n4)cc31)c1cc(C)ccc1-2. The molecule has 2 aliphatic carbocycles. The molecule has 0 saturated carbocycles. The molecule has 6 aromatic carbocycles. The molecule has 0 bridgehead atoms. The van der Waals surface area contributed by atoms with Crippen LogP contribution in [0.2, 0.25) is 0 Å². The summed E-state index contributed by atoms with van der Waals surface area (Å²) in [6.45, 7) is 4.33. The highest BCUT2D eigenvalue weighted by molar-refractivity contribution is 5.96. The first-order valence-corrected chi connectivity index (χ1v) is 16.2. The summed E-state index contributed by atoms with van der Waals surface area (Å²) in [6.07, 6.45) is 0. The highest BCUT2D eigenvalue weighted by Crippen LogP contribution is 2.63. The van der Waals surface area contributed by atoms with Crippen LogP contribution < -0.4 is 0 Å². The molecule has 0 atom stereocenters. The molecule has 0 saturated heterocycles. The average Bonchev–Trinajstić information content (AvgIpc) is 3.60. The minimum Gasteiger partial charge on any atom is -0.208 e. The van der Waals surface area contributed by atoms with Gasteiger partial charge in [0.05, 0.1) is 28.7 Å². The molecule has 1 heterocycles. The van der Waals surface area contributed by atoms with E-state index in [1.165, 1.54) is 55.6 Å². The van der Waals surface area contributed by atoms with Crippen molar-refractivity contribution < 1.29 is 0 Å². The number of benzene rings is 6. The lowest BCUT2D eigenvalue weighted by Gasteiger charge is -2.31. The molecule has 0 unspecified atom stereocenters. The standard InChI is InChI=1S/C44H27N5/c1-26-7-18-34-35-19-8-27(2)22-39(35)44(38(34)21-26)37-6-4-3-5-33(37)36-20-17-32(23-40(36)44)43-48-41(30-13-9-28(24-45)10-14-30)47-42(49-43)31-15-11-29(25-46)12-16-31/h3-23H,1-2H3. The second kappa shape index (κ2) is 10.7. The quantitative estimate of drug-likeness (QED) is 0.195. The zero-order chi connectivity index (χ0) is 33.3. The molecule has 1 aromatic heterocycles. The van der Waals surface area contributed by atoms with E-state index >= 15 is 0 Å². The maximum absolute atomic E-state index is 9.40. The van der Waals surface area contributed by atoms with Crippen molar-refractivity contribution in [1.82, 2.24) is 15.0 Å². The van der Waals surface area contributed by atoms with Crippen molar-refractivity contribution in [3.63, 3.8) is 0 Å².